The fourth-order valence-electron chi connectivity index (χ4n) is 2.15. The third-order valence-corrected chi connectivity index (χ3v) is 4.39. The zero-order valence-corrected chi connectivity index (χ0v) is 12.3. The lowest BCUT2D eigenvalue weighted by molar-refractivity contribution is -0.385. The largest absolute Gasteiger partial charge is 0.480 e. The van der Waals surface area contributed by atoms with Crippen molar-refractivity contribution in [1.82, 2.24) is 4.98 Å². The van der Waals surface area contributed by atoms with E-state index in [0.717, 1.165) is 0 Å². The van der Waals surface area contributed by atoms with Crippen LogP contribution in [0.2, 0.25) is 0 Å². The molecule has 0 aliphatic carbocycles. The number of hydrogen-bond donors (Lipinski definition) is 2. The summed E-state index contributed by atoms with van der Waals surface area (Å²) in [6.45, 7) is 2.16. The number of nitro groups is 1. The summed E-state index contributed by atoms with van der Waals surface area (Å²) in [7, 11) is 0. The van der Waals surface area contributed by atoms with Crippen LogP contribution in [0.15, 0.2) is 10.7 Å². The van der Waals surface area contributed by atoms with Gasteiger partial charge in [0.1, 0.15) is 17.6 Å². The molecule has 0 spiro atoms. The molecule has 108 valence electrons. The van der Waals surface area contributed by atoms with Gasteiger partial charge in [0, 0.05) is 18.7 Å². The van der Waals surface area contributed by atoms with Crippen LogP contribution in [0.25, 0.3) is 0 Å². The average molecular weight is 345 g/mol. The molecule has 0 bridgehead atoms. The van der Waals surface area contributed by atoms with Crippen LogP contribution in [-0.4, -0.2) is 39.6 Å². The summed E-state index contributed by atoms with van der Waals surface area (Å²) < 4.78 is 0.487. The van der Waals surface area contributed by atoms with Gasteiger partial charge in [-0.1, -0.05) is 0 Å². The Morgan fingerprint density at radius 3 is 2.85 bits per heavy atom. The van der Waals surface area contributed by atoms with Crippen molar-refractivity contribution in [2.45, 2.75) is 18.9 Å². The average Bonchev–Trinajstić information content (AvgIpc) is 2.76. The van der Waals surface area contributed by atoms with Crippen molar-refractivity contribution in [2.75, 3.05) is 18.0 Å². The van der Waals surface area contributed by atoms with Gasteiger partial charge in [0.05, 0.1) is 9.40 Å². The van der Waals surface area contributed by atoms with Gasteiger partial charge in [-0.2, -0.15) is 0 Å². The van der Waals surface area contributed by atoms with Crippen LogP contribution in [0.4, 0.5) is 11.5 Å². The Bertz CT molecular complexity index is 594. The first-order valence-electron chi connectivity index (χ1n) is 5.83. The topological polar surface area (TPSA) is 123 Å². The Hall–Kier alpha value is -1.74. The number of rotatable bonds is 3. The van der Waals surface area contributed by atoms with Gasteiger partial charge >= 0.3 is 5.97 Å². The number of aliphatic carboxylic acids is 1. The molecule has 1 saturated heterocycles. The monoisotopic (exact) mass is 344 g/mol. The smallest absolute Gasteiger partial charge is 0.325 e. The van der Waals surface area contributed by atoms with E-state index in [0.29, 0.717) is 28.8 Å². The van der Waals surface area contributed by atoms with E-state index in [1.54, 1.807) is 11.8 Å². The quantitative estimate of drug-likeness (QED) is 0.620. The third kappa shape index (κ3) is 2.34. The van der Waals surface area contributed by atoms with E-state index >= 15 is 0 Å². The van der Waals surface area contributed by atoms with Crippen molar-refractivity contribution in [3.05, 3.63) is 26.3 Å². The molecule has 0 saturated carbocycles. The van der Waals surface area contributed by atoms with Crippen molar-refractivity contribution in [3.63, 3.8) is 0 Å². The maximum absolute atomic E-state index is 11.1. The zero-order chi connectivity index (χ0) is 15.1. The van der Waals surface area contributed by atoms with Crippen LogP contribution in [0.3, 0.4) is 0 Å². The molecule has 1 unspecified atom stereocenters. The molecule has 8 nitrogen and oxygen atoms in total. The van der Waals surface area contributed by atoms with Gasteiger partial charge in [-0.25, -0.2) is 4.98 Å². The molecule has 2 rings (SSSR count). The summed E-state index contributed by atoms with van der Waals surface area (Å²) in [5, 5.41) is 19.9. The highest BCUT2D eigenvalue weighted by Crippen LogP contribution is 2.35. The summed E-state index contributed by atoms with van der Waals surface area (Å²) in [6, 6.07) is 0. The summed E-state index contributed by atoms with van der Waals surface area (Å²) in [5.41, 5.74) is 4.86. The first kappa shape index (κ1) is 14.7. The number of hydrogen-bond acceptors (Lipinski definition) is 6. The standard InChI is InChI=1S/C11H13BrN4O4/c1-6-7(16(19)20)4-14-9(8(6)12)15-3-2-11(13,5-15)10(17)18/h4H,2-3,5,13H2,1H3,(H,17,18). The first-order valence-corrected chi connectivity index (χ1v) is 6.62. The van der Waals surface area contributed by atoms with Crippen LogP contribution in [0, 0.1) is 17.0 Å². The summed E-state index contributed by atoms with van der Waals surface area (Å²) >= 11 is 3.29. The number of nitrogens with zero attached hydrogens (tertiary/aromatic N) is 3. The minimum absolute atomic E-state index is 0.0860. The minimum atomic E-state index is -1.31. The van der Waals surface area contributed by atoms with Crippen LogP contribution in [0.5, 0.6) is 0 Å². The van der Waals surface area contributed by atoms with E-state index in [2.05, 4.69) is 20.9 Å². The molecule has 20 heavy (non-hydrogen) atoms. The van der Waals surface area contributed by atoms with Gasteiger partial charge in [-0.05, 0) is 29.3 Å². The van der Waals surface area contributed by atoms with Gasteiger partial charge < -0.3 is 15.7 Å². The predicted octanol–water partition coefficient (Wildman–Crippen LogP) is 1.05. The Morgan fingerprint density at radius 1 is 1.70 bits per heavy atom. The molecule has 9 heteroatoms. The van der Waals surface area contributed by atoms with E-state index in [4.69, 9.17) is 10.8 Å². The Morgan fingerprint density at radius 2 is 2.35 bits per heavy atom. The molecule has 1 aromatic heterocycles. The van der Waals surface area contributed by atoms with Crippen molar-refractivity contribution in [2.24, 2.45) is 5.73 Å². The lowest BCUT2D eigenvalue weighted by Gasteiger charge is -2.22. The number of carboxylic acid groups (broad SMARTS) is 1. The van der Waals surface area contributed by atoms with E-state index in [1.165, 1.54) is 6.20 Å². The summed E-state index contributed by atoms with van der Waals surface area (Å²) in [6.07, 6.45) is 1.47. The number of carbonyl (C=O) groups is 1. The van der Waals surface area contributed by atoms with Crippen LogP contribution in [-0.2, 0) is 4.79 Å². The second-order valence-electron chi connectivity index (χ2n) is 4.80. The Balaban J connectivity index is 2.34. The molecule has 0 radical (unpaired) electrons. The molecule has 3 N–H and O–H groups in total. The van der Waals surface area contributed by atoms with Crippen molar-refractivity contribution >= 4 is 33.4 Å². The zero-order valence-electron chi connectivity index (χ0n) is 10.7. The first-order chi connectivity index (χ1) is 9.26. The molecule has 1 aromatic rings. The Kier molecular flexibility index (Phi) is 3.65. The van der Waals surface area contributed by atoms with Crippen molar-refractivity contribution < 1.29 is 14.8 Å². The molecule has 0 aromatic carbocycles. The predicted molar refractivity (Wildman–Crippen MR) is 74.7 cm³/mol. The van der Waals surface area contributed by atoms with Gasteiger partial charge in [0.2, 0.25) is 0 Å². The van der Waals surface area contributed by atoms with Crippen molar-refractivity contribution in [1.29, 1.82) is 0 Å². The number of anilines is 1. The summed E-state index contributed by atoms with van der Waals surface area (Å²) in [5.74, 6) is -0.587. The van der Waals surface area contributed by atoms with Gasteiger partial charge in [0.25, 0.3) is 5.69 Å². The van der Waals surface area contributed by atoms with E-state index in [9.17, 15) is 14.9 Å². The van der Waals surface area contributed by atoms with Crippen LogP contribution in [0.1, 0.15) is 12.0 Å². The number of pyridine rings is 1. The third-order valence-electron chi connectivity index (χ3n) is 3.44. The number of halogens is 1. The second-order valence-corrected chi connectivity index (χ2v) is 5.59. The Labute approximate surface area is 122 Å². The fourth-order valence-corrected chi connectivity index (χ4v) is 2.71. The molecular weight excluding hydrogens is 332 g/mol. The molecule has 0 amide bonds. The normalized spacial score (nSPS) is 22.1. The number of nitrogens with two attached hydrogens (primary N) is 1. The van der Waals surface area contributed by atoms with E-state index in [-0.39, 0.29) is 12.2 Å². The minimum Gasteiger partial charge on any atom is -0.480 e. The molecule has 1 aliphatic heterocycles. The maximum atomic E-state index is 11.1. The molecule has 2 heterocycles. The molecule has 1 atom stereocenters. The van der Waals surface area contributed by atoms with Gasteiger partial charge in [-0.3, -0.25) is 14.9 Å². The molecule has 1 aliphatic rings. The van der Waals surface area contributed by atoms with Crippen LogP contribution >= 0.6 is 15.9 Å². The summed E-state index contributed by atoms with van der Waals surface area (Å²) in [4.78, 5) is 27.2. The van der Waals surface area contributed by atoms with Crippen molar-refractivity contribution in [3.8, 4) is 0 Å². The highest BCUT2D eigenvalue weighted by molar-refractivity contribution is 9.10. The number of carboxylic acids is 1. The fraction of sp³-hybridized carbons (Fsp3) is 0.455. The number of aromatic nitrogens is 1. The van der Waals surface area contributed by atoms with E-state index in [1.807, 2.05) is 0 Å². The SMILES string of the molecule is Cc1c([N+](=O)[O-])cnc(N2CCC(N)(C(=O)O)C2)c1Br. The van der Waals surface area contributed by atoms with Crippen LogP contribution < -0.4 is 10.6 Å². The second kappa shape index (κ2) is 4.98. The van der Waals surface area contributed by atoms with E-state index < -0.39 is 16.4 Å². The highest BCUT2D eigenvalue weighted by atomic mass is 79.9. The lowest BCUT2D eigenvalue weighted by atomic mass is 10.0. The van der Waals surface area contributed by atoms with Gasteiger partial charge in [-0.15, -0.1) is 0 Å². The highest BCUT2D eigenvalue weighted by Gasteiger charge is 2.42. The lowest BCUT2D eigenvalue weighted by Crippen LogP contribution is -2.50. The molecule has 1 fully saturated rings. The maximum Gasteiger partial charge on any atom is 0.325 e. The van der Waals surface area contributed by atoms with Gasteiger partial charge in [0.15, 0.2) is 0 Å². The molecular formula is C11H13BrN4O4.